The van der Waals surface area contributed by atoms with Gasteiger partial charge in [0, 0.05) is 23.5 Å². The molecule has 1 nitrogen and oxygen atoms in total. The van der Waals surface area contributed by atoms with Crippen molar-refractivity contribution in [1.29, 1.82) is 0 Å². The van der Waals surface area contributed by atoms with Crippen LogP contribution in [0.5, 0.6) is 0 Å². The molecule has 1 unspecified atom stereocenters. The normalized spacial score (nSPS) is 17.1. The molecule has 0 saturated carbocycles. The fourth-order valence-electron chi connectivity index (χ4n) is 0.617. The van der Waals surface area contributed by atoms with Crippen LogP contribution in [0.3, 0.4) is 0 Å². The van der Waals surface area contributed by atoms with E-state index >= 15 is 0 Å². The number of halogens is 2. The van der Waals surface area contributed by atoms with Crippen LogP contribution in [0, 0.1) is 0 Å². The van der Waals surface area contributed by atoms with Gasteiger partial charge in [-0.25, -0.2) is 0 Å². The average Bonchev–Trinajstić information content (AvgIpc) is 2.05. The van der Waals surface area contributed by atoms with E-state index in [9.17, 15) is 0 Å². The number of nitrogens with one attached hydrogen (secondary N) is 1. The zero-order chi connectivity index (χ0) is 8.74. The van der Waals surface area contributed by atoms with E-state index in [1.54, 1.807) is 0 Å². The molecule has 0 aromatic heterocycles. The van der Waals surface area contributed by atoms with Crippen LogP contribution < -0.4 is 5.32 Å². The maximum atomic E-state index is 5.77. The Morgan fingerprint density at radius 1 is 1.55 bits per heavy atom. The SMILES string of the molecule is CCC(C)(CCl)NC/C=C/Cl. The van der Waals surface area contributed by atoms with Gasteiger partial charge in [0.1, 0.15) is 0 Å². The first-order chi connectivity index (χ1) is 5.18. The molecule has 66 valence electrons. The molecule has 0 bridgehead atoms. The van der Waals surface area contributed by atoms with Gasteiger partial charge in [-0.15, -0.1) is 11.6 Å². The van der Waals surface area contributed by atoms with Crippen LogP contribution in [0.15, 0.2) is 11.6 Å². The van der Waals surface area contributed by atoms with Gasteiger partial charge in [-0.2, -0.15) is 0 Å². The first-order valence-electron chi connectivity index (χ1n) is 3.74. The fraction of sp³-hybridized carbons (Fsp3) is 0.750. The number of hydrogen-bond donors (Lipinski definition) is 1. The first-order valence-corrected chi connectivity index (χ1v) is 4.72. The van der Waals surface area contributed by atoms with Crippen molar-refractivity contribution in [2.45, 2.75) is 25.8 Å². The molecule has 0 spiro atoms. The Labute approximate surface area is 78.8 Å². The second-order valence-corrected chi connectivity index (χ2v) is 3.31. The van der Waals surface area contributed by atoms with Crippen molar-refractivity contribution >= 4 is 23.2 Å². The van der Waals surface area contributed by atoms with Crippen molar-refractivity contribution in [3.63, 3.8) is 0 Å². The van der Waals surface area contributed by atoms with Crippen LogP contribution in [0.25, 0.3) is 0 Å². The van der Waals surface area contributed by atoms with Gasteiger partial charge in [-0.1, -0.05) is 24.6 Å². The Morgan fingerprint density at radius 2 is 2.18 bits per heavy atom. The van der Waals surface area contributed by atoms with E-state index in [0.29, 0.717) is 5.88 Å². The van der Waals surface area contributed by atoms with Crippen molar-refractivity contribution in [2.75, 3.05) is 12.4 Å². The summed E-state index contributed by atoms with van der Waals surface area (Å²) in [5.41, 5.74) is 1.55. The van der Waals surface area contributed by atoms with Gasteiger partial charge < -0.3 is 5.32 Å². The Hall–Kier alpha value is 0.280. The first kappa shape index (κ1) is 11.3. The summed E-state index contributed by atoms with van der Waals surface area (Å²) in [6.45, 7) is 4.99. The third-order valence-electron chi connectivity index (χ3n) is 1.81. The number of alkyl halides is 1. The van der Waals surface area contributed by atoms with Crippen molar-refractivity contribution in [2.24, 2.45) is 0 Å². The predicted octanol–water partition coefficient (Wildman–Crippen LogP) is 2.74. The summed E-state index contributed by atoms with van der Waals surface area (Å²) >= 11 is 11.1. The van der Waals surface area contributed by atoms with Crippen molar-refractivity contribution in [1.82, 2.24) is 5.32 Å². The molecule has 0 heterocycles. The zero-order valence-electron chi connectivity index (χ0n) is 7.03. The molecule has 11 heavy (non-hydrogen) atoms. The van der Waals surface area contributed by atoms with Gasteiger partial charge >= 0.3 is 0 Å². The van der Waals surface area contributed by atoms with Crippen molar-refractivity contribution in [3.8, 4) is 0 Å². The van der Waals surface area contributed by atoms with Crippen LogP contribution in [0.1, 0.15) is 20.3 Å². The third-order valence-corrected chi connectivity index (χ3v) is 2.58. The van der Waals surface area contributed by atoms with Crippen molar-refractivity contribution < 1.29 is 0 Å². The van der Waals surface area contributed by atoms with E-state index in [4.69, 9.17) is 23.2 Å². The summed E-state index contributed by atoms with van der Waals surface area (Å²) in [5, 5.41) is 3.29. The lowest BCUT2D eigenvalue weighted by Crippen LogP contribution is -2.43. The molecule has 0 radical (unpaired) electrons. The maximum absolute atomic E-state index is 5.77. The topological polar surface area (TPSA) is 12.0 Å². The summed E-state index contributed by atoms with van der Waals surface area (Å²) in [5.74, 6) is 0.625. The van der Waals surface area contributed by atoms with Crippen LogP contribution in [-0.2, 0) is 0 Å². The summed E-state index contributed by atoms with van der Waals surface area (Å²) in [7, 11) is 0. The van der Waals surface area contributed by atoms with Gasteiger partial charge in [0.25, 0.3) is 0 Å². The van der Waals surface area contributed by atoms with E-state index in [-0.39, 0.29) is 5.54 Å². The van der Waals surface area contributed by atoms with Gasteiger partial charge in [0.2, 0.25) is 0 Å². The molecule has 0 aliphatic heterocycles. The molecule has 0 aromatic rings. The highest BCUT2D eigenvalue weighted by Gasteiger charge is 2.18. The number of rotatable bonds is 5. The molecule has 0 saturated heterocycles. The Balaban J connectivity index is 3.68. The largest absolute Gasteiger partial charge is 0.307 e. The fourth-order valence-corrected chi connectivity index (χ4v) is 0.989. The average molecular weight is 196 g/mol. The van der Waals surface area contributed by atoms with Crippen LogP contribution >= 0.6 is 23.2 Å². The van der Waals surface area contributed by atoms with E-state index in [0.717, 1.165) is 13.0 Å². The summed E-state index contributed by atoms with van der Waals surface area (Å²) in [6, 6.07) is 0. The Kier molecular flexibility index (Phi) is 6.02. The molecule has 0 aliphatic rings. The molecular weight excluding hydrogens is 181 g/mol. The molecule has 0 aliphatic carbocycles. The second-order valence-electron chi connectivity index (χ2n) is 2.79. The van der Waals surface area contributed by atoms with Gasteiger partial charge in [-0.3, -0.25) is 0 Å². The van der Waals surface area contributed by atoms with Crippen molar-refractivity contribution in [3.05, 3.63) is 11.6 Å². The molecule has 0 rings (SSSR count). The van der Waals surface area contributed by atoms with E-state index in [1.807, 2.05) is 6.08 Å². The third kappa shape index (κ3) is 4.67. The molecule has 0 amide bonds. The lowest BCUT2D eigenvalue weighted by atomic mass is 10.0. The highest BCUT2D eigenvalue weighted by molar-refractivity contribution is 6.25. The summed E-state index contributed by atoms with van der Waals surface area (Å²) in [4.78, 5) is 0. The highest BCUT2D eigenvalue weighted by atomic mass is 35.5. The Bertz CT molecular complexity index is 119. The minimum atomic E-state index is 0.0396. The summed E-state index contributed by atoms with van der Waals surface area (Å²) < 4.78 is 0. The van der Waals surface area contributed by atoms with E-state index < -0.39 is 0 Å². The summed E-state index contributed by atoms with van der Waals surface area (Å²) in [6.07, 6.45) is 2.88. The maximum Gasteiger partial charge on any atom is 0.0403 e. The van der Waals surface area contributed by atoms with E-state index in [1.165, 1.54) is 5.54 Å². The molecular formula is C8H15Cl2N. The lowest BCUT2D eigenvalue weighted by Gasteiger charge is -2.26. The Morgan fingerprint density at radius 3 is 2.55 bits per heavy atom. The lowest BCUT2D eigenvalue weighted by molar-refractivity contribution is 0.400. The zero-order valence-corrected chi connectivity index (χ0v) is 8.54. The number of hydrogen-bond acceptors (Lipinski definition) is 1. The smallest absolute Gasteiger partial charge is 0.0403 e. The monoisotopic (exact) mass is 195 g/mol. The quantitative estimate of drug-likeness (QED) is 0.666. The van der Waals surface area contributed by atoms with Gasteiger partial charge in [-0.05, 0) is 13.3 Å². The predicted molar refractivity (Wildman–Crippen MR) is 52.4 cm³/mol. The van der Waals surface area contributed by atoms with Crippen LogP contribution in [0.2, 0.25) is 0 Å². The minimum absolute atomic E-state index is 0.0396. The molecule has 3 heteroatoms. The van der Waals surface area contributed by atoms with E-state index in [2.05, 4.69) is 19.2 Å². The molecule has 0 fully saturated rings. The van der Waals surface area contributed by atoms with Gasteiger partial charge in [0.05, 0.1) is 0 Å². The minimum Gasteiger partial charge on any atom is -0.307 e. The van der Waals surface area contributed by atoms with Crippen LogP contribution in [-0.4, -0.2) is 18.0 Å². The highest BCUT2D eigenvalue weighted by Crippen LogP contribution is 2.10. The van der Waals surface area contributed by atoms with Crippen LogP contribution in [0.4, 0.5) is 0 Å². The molecule has 0 aromatic carbocycles. The molecule has 1 N–H and O–H groups in total. The van der Waals surface area contributed by atoms with Gasteiger partial charge in [0.15, 0.2) is 0 Å². The second kappa shape index (κ2) is 5.87. The molecule has 1 atom stereocenters. The standard InChI is InChI=1S/C8H15Cl2N/c1-3-8(2,7-10)11-6-4-5-9/h4-5,11H,3,6-7H2,1-2H3/b5-4+.